The fourth-order valence-corrected chi connectivity index (χ4v) is 3.09. The molecule has 1 N–H and O–H groups in total. The van der Waals surface area contributed by atoms with Crippen molar-refractivity contribution >= 4 is 23.5 Å². The number of esters is 1. The van der Waals surface area contributed by atoms with Crippen molar-refractivity contribution in [3.05, 3.63) is 89.7 Å². The van der Waals surface area contributed by atoms with Crippen LogP contribution in [-0.2, 0) is 14.3 Å². The molecule has 0 spiro atoms. The molecule has 1 atom stereocenters. The van der Waals surface area contributed by atoms with Crippen LogP contribution in [0.5, 0.6) is 11.5 Å². The van der Waals surface area contributed by atoms with Crippen LogP contribution in [0.1, 0.15) is 22.0 Å². The van der Waals surface area contributed by atoms with E-state index in [-0.39, 0.29) is 29.6 Å². The number of nitrogens with one attached hydrogen (secondary N) is 1. The second-order valence-electron chi connectivity index (χ2n) is 7.64. The summed E-state index contributed by atoms with van der Waals surface area (Å²) in [6.07, 6.45) is -1.12. The monoisotopic (exact) mass is 480 g/mol. The Morgan fingerprint density at radius 2 is 1.63 bits per heavy atom. The maximum absolute atomic E-state index is 13.0. The molecule has 2 amide bonds. The van der Waals surface area contributed by atoms with Gasteiger partial charge in [-0.25, -0.2) is 9.18 Å². The zero-order valence-electron chi connectivity index (χ0n) is 19.5. The highest BCUT2D eigenvalue weighted by Crippen LogP contribution is 2.29. The van der Waals surface area contributed by atoms with E-state index in [1.54, 1.807) is 44.4 Å². The molecule has 0 aliphatic carbocycles. The van der Waals surface area contributed by atoms with E-state index in [4.69, 9.17) is 14.2 Å². The highest BCUT2D eigenvalue weighted by atomic mass is 19.1. The Morgan fingerprint density at radius 1 is 0.943 bits per heavy atom. The number of benzene rings is 3. The Morgan fingerprint density at radius 3 is 2.26 bits per heavy atom. The molecule has 0 aliphatic heterocycles. The molecule has 3 rings (SSSR count). The van der Waals surface area contributed by atoms with Gasteiger partial charge in [-0.05, 0) is 42.5 Å². The molecule has 8 nitrogen and oxygen atoms in total. The van der Waals surface area contributed by atoms with E-state index in [1.807, 2.05) is 0 Å². The van der Waals surface area contributed by atoms with Gasteiger partial charge in [-0.15, -0.1) is 0 Å². The van der Waals surface area contributed by atoms with Crippen molar-refractivity contribution in [1.29, 1.82) is 0 Å². The van der Waals surface area contributed by atoms with Gasteiger partial charge in [-0.1, -0.05) is 30.3 Å². The topological polar surface area (TPSA) is 94.2 Å². The normalized spacial score (nSPS) is 11.2. The average molecular weight is 480 g/mol. The summed E-state index contributed by atoms with van der Waals surface area (Å²) in [5.41, 5.74) is 1.10. The summed E-state index contributed by atoms with van der Waals surface area (Å²) >= 11 is 0. The average Bonchev–Trinajstić information content (AvgIpc) is 2.87. The number of carbonyl (C=O) groups is 3. The number of hydrogen-bond donors (Lipinski definition) is 1. The molecule has 0 unspecified atom stereocenters. The molecule has 182 valence electrons. The van der Waals surface area contributed by atoms with Gasteiger partial charge in [0.05, 0.1) is 12.7 Å². The van der Waals surface area contributed by atoms with Gasteiger partial charge >= 0.3 is 5.97 Å². The molecule has 0 saturated heterocycles. The van der Waals surface area contributed by atoms with Crippen LogP contribution in [0.15, 0.2) is 72.8 Å². The molecule has 9 heteroatoms. The Hall–Kier alpha value is -4.40. The standard InChI is InChI=1S/C26H25FN2O6/c1-29(2)25(31)24(17-7-5-4-6-8-17)35-26(32)18-9-14-21(22(15-18)33-3)34-16-23(30)28-20-12-10-19(27)11-13-20/h4-15,24H,16H2,1-3H3,(H,28,30)/t24-/m1/s1. The summed E-state index contributed by atoms with van der Waals surface area (Å²) in [4.78, 5) is 39.0. The lowest BCUT2D eigenvalue weighted by Gasteiger charge is -2.21. The minimum atomic E-state index is -1.12. The molecular weight excluding hydrogens is 455 g/mol. The minimum Gasteiger partial charge on any atom is -0.493 e. The second-order valence-corrected chi connectivity index (χ2v) is 7.64. The molecule has 0 aliphatic rings. The minimum absolute atomic E-state index is 0.137. The number of ether oxygens (including phenoxy) is 3. The van der Waals surface area contributed by atoms with Gasteiger partial charge in [0.2, 0.25) is 6.10 Å². The number of nitrogens with zero attached hydrogens (tertiary/aromatic N) is 1. The van der Waals surface area contributed by atoms with E-state index in [0.717, 1.165) is 0 Å². The molecule has 3 aromatic rings. The van der Waals surface area contributed by atoms with E-state index in [1.165, 1.54) is 54.5 Å². The van der Waals surface area contributed by atoms with Gasteiger partial charge in [0.1, 0.15) is 5.82 Å². The van der Waals surface area contributed by atoms with Crippen LogP contribution in [-0.4, -0.2) is 50.5 Å². The van der Waals surface area contributed by atoms with Gasteiger partial charge in [0.25, 0.3) is 11.8 Å². The molecule has 35 heavy (non-hydrogen) atoms. The number of halogens is 1. The smallest absolute Gasteiger partial charge is 0.339 e. The summed E-state index contributed by atoms with van der Waals surface area (Å²) in [5.74, 6) is -1.57. The largest absolute Gasteiger partial charge is 0.493 e. The van der Waals surface area contributed by atoms with Gasteiger partial charge < -0.3 is 24.4 Å². The quantitative estimate of drug-likeness (QED) is 0.468. The van der Waals surface area contributed by atoms with Gasteiger partial charge in [-0.3, -0.25) is 9.59 Å². The zero-order chi connectivity index (χ0) is 25.4. The fourth-order valence-electron chi connectivity index (χ4n) is 3.09. The maximum atomic E-state index is 13.0. The third-order valence-electron chi connectivity index (χ3n) is 4.88. The zero-order valence-corrected chi connectivity index (χ0v) is 19.5. The Bertz CT molecular complexity index is 1180. The number of anilines is 1. The predicted molar refractivity (Wildman–Crippen MR) is 127 cm³/mol. The number of carbonyl (C=O) groups excluding carboxylic acids is 3. The maximum Gasteiger partial charge on any atom is 0.339 e. The van der Waals surface area contributed by atoms with Crippen LogP contribution < -0.4 is 14.8 Å². The van der Waals surface area contributed by atoms with Crippen molar-refractivity contribution in [1.82, 2.24) is 4.90 Å². The van der Waals surface area contributed by atoms with E-state index in [9.17, 15) is 18.8 Å². The summed E-state index contributed by atoms with van der Waals surface area (Å²) < 4.78 is 29.3. The highest BCUT2D eigenvalue weighted by Gasteiger charge is 2.27. The molecule has 0 aromatic heterocycles. The molecule has 0 fully saturated rings. The van der Waals surface area contributed by atoms with Crippen molar-refractivity contribution in [2.75, 3.05) is 33.1 Å². The molecule has 0 bridgehead atoms. The second kappa shape index (κ2) is 11.6. The van der Waals surface area contributed by atoms with E-state index >= 15 is 0 Å². The number of likely N-dealkylation sites (N-methyl/N-ethyl adjacent to an activating group) is 1. The summed E-state index contributed by atoms with van der Waals surface area (Å²) in [6, 6.07) is 18.3. The van der Waals surface area contributed by atoms with Crippen LogP contribution in [0.25, 0.3) is 0 Å². The Balaban J connectivity index is 1.69. The van der Waals surface area contributed by atoms with E-state index in [2.05, 4.69) is 5.32 Å². The summed E-state index contributed by atoms with van der Waals surface area (Å²) in [6.45, 7) is -0.342. The molecule has 0 heterocycles. The number of hydrogen-bond acceptors (Lipinski definition) is 6. The third kappa shape index (κ3) is 6.80. The van der Waals surface area contributed by atoms with Crippen LogP contribution >= 0.6 is 0 Å². The first-order valence-electron chi connectivity index (χ1n) is 10.6. The molecule has 3 aromatic carbocycles. The van der Waals surface area contributed by atoms with Gasteiger partial charge in [-0.2, -0.15) is 0 Å². The first kappa shape index (κ1) is 25.2. The third-order valence-corrected chi connectivity index (χ3v) is 4.88. The van der Waals surface area contributed by atoms with Crippen molar-refractivity contribution in [2.45, 2.75) is 6.10 Å². The number of methoxy groups -OCH3 is 1. The molecular formula is C26H25FN2O6. The van der Waals surface area contributed by atoms with Crippen molar-refractivity contribution < 1.29 is 33.0 Å². The van der Waals surface area contributed by atoms with Crippen LogP contribution in [0.3, 0.4) is 0 Å². The lowest BCUT2D eigenvalue weighted by Crippen LogP contribution is -2.31. The number of rotatable bonds is 9. The van der Waals surface area contributed by atoms with Crippen molar-refractivity contribution in [3.8, 4) is 11.5 Å². The summed E-state index contributed by atoms with van der Waals surface area (Å²) in [7, 11) is 4.54. The van der Waals surface area contributed by atoms with E-state index < -0.39 is 23.8 Å². The van der Waals surface area contributed by atoms with Gasteiger partial charge in [0, 0.05) is 25.3 Å². The van der Waals surface area contributed by atoms with Crippen LogP contribution in [0, 0.1) is 5.82 Å². The first-order valence-corrected chi connectivity index (χ1v) is 10.6. The Labute approximate surface area is 202 Å². The molecule has 0 saturated carbocycles. The predicted octanol–water partition coefficient (Wildman–Crippen LogP) is 3.84. The van der Waals surface area contributed by atoms with Crippen molar-refractivity contribution in [2.24, 2.45) is 0 Å². The SMILES string of the molecule is COc1cc(C(=O)O[C@@H](C(=O)N(C)C)c2ccccc2)ccc1OCC(=O)Nc1ccc(F)cc1. The van der Waals surface area contributed by atoms with Crippen LogP contribution in [0.4, 0.5) is 10.1 Å². The first-order chi connectivity index (χ1) is 16.8. The Kier molecular flexibility index (Phi) is 8.39. The highest BCUT2D eigenvalue weighted by molar-refractivity contribution is 5.94. The fraction of sp³-hybridized carbons (Fsp3) is 0.192. The number of amides is 2. The lowest BCUT2D eigenvalue weighted by molar-refractivity contribution is -0.138. The lowest BCUT2D eigenvalue weighted by atomic mass is 10.1. The summed E-state index contributed by atoms with van der Waals surface area (Å²) in [5, 5.41) is 2.58. The van der Waals surface area contributed by atoms with Gasteiger partial charge in [0.15, 0.2) is 18.1 Å². The van der Waals surface area contributed by atoms with E-state index in [0.29, 0.717) is 11.3 Å². The van der Waals surface area contributed by atoms with Crippen LogP contribution in [0.2, 0.25) is 0 Å². The molecule has 0 radical (unpaired) electrons. The van der Waals surface area contributed by atoms with Crippen molar-refractivity contribution in [3.63, 3.8) is 0 Å².